The highest BCUT2D eigenvalue weighted by molar-refractivity contribution is 5.69. The minimum atomic E-state index is -1.53. The van der Waals surface area contributed by atoms with Crippen LogP contribution in [0.2, 0.25) is 0 Å². The number of carbonyl (C=O) groups is 1. The van der Waals surface area contributed by atoms with Crippen molar-refractivity contribution in [3.05, 3.63) is 0 Å². The van der Waals surface area contributed by atoms with Crippen LogP contribution in [0.25, 0.3) is 0 Å². The van der Waals surface area contributed by atoms with Crippen molar-refractivity contribution in [2.75, 3.05) is 26.4 Å². The molecule has 54 heavy (non-hydrogen) atoms. The number of rotatable bonds is 40. The molecule has 0 aromatic carbocycles. The third-order valence-corrected chi connectivity index (χ3v) is 11.0. The Balaban J connectivity index is 2.21. The lowest BCUT2D eigenvalue weighted by Crippen LogP contribution is -2.59. The molecule has 0 amide bonds. The Morgan fingerprint density at radius 2 is 0.907 bits per heavy atom. The fraction of sp³-hybridized carbons (Fsp3) is 0.978. The van der Waals surface area contributed by atoms with Crippen LogP contribution in [0.5, 0.6) is 0 Å². The maximum Gasteiger partial charge on any atom is 0.306 e. The zero-order valence-electron chi connectivity index (χ0n) is 35.3. The number of carbonyl (C=O) groups excluding carboxylic acids is 1. The molecular weight excluding hydrogens is 684 g/mol. The average molecular weight is 773 g/mol. The number of esters is 1. The molecule has 0 saturated carbocycles. The van der Waals surface area contributed by atoms with E-state index in [1.807, 2.05) is 0 Å². The van der Waals surface area contributed by atoms with E-state index in [-0.39, 0.29) is 19.2 Å². The molecule has 0 aliphatic carbocycles. The van der Waals surface area contributed by atoms with Gasteiger partial charge in [0.05, 0.1) is 19.8 Å². The van der Waals surface area contributed by atoms with Crippen molar-refractivity contribution in [1.82, 2.24) is 0 Å². The molecule has 0 radical (unpaired) electrons. The molecule has 6 atom stereocenters. The van der Waals surface area contributed by atoms with Crippen LogP contribution in [-0.4, -0.2) is 89.6 Å². The van der Waals surface area contributed by atoms with Crippen molar-refractivity contribution in [3.8, 4) is 0 Å². The summed E-state index contributed by atoms with van der Waals surface area (Å²) in [6.07, 6.45) is 32.7. The molecule has 1 aliphatic rings. The zero-order valence-corrected chi connectivity index (χ0v) is 35.3. The summed E-state index contributed by atoms with van der Waals surface area (Å²) in [6, 6.07) is 0. The molecule has 1 rings (SSSR count). The zero-order chi connectivity index (χ0) is 39.3. The molecule has 9 nitrogen and oxygen atoms in total. The maximum atomic E-state index is 12.8. The summed E-state index contributed by atoms with van der Waals surface area (Å²) in [5.74, 6) is -0.307. The number of aliphatic hydroxyl groups is 4. The van der Waals surface area contributed by atoms with Crippen molar-refractivity contribution in [2.24, 2.45) is 0 Å². The Morgan fingerprint density at radius 3 is 1.31 bits per heavy atom. The van der Waals surface area contributed by atoms with Crippen LogP contribution in [0, 0.1) is 0 Å². The van der Waals surface area contributed by atoms with E-state index in [0.717, 1.165) is 32.1 Å². The average Bonchev–Trinajstić information content (AvgIpc) is 3.17. The van der Waals surface area contributed by atoms with Gasteiger partial charge in [0.25, 0.3) is 0 Å². The molecule has 1 aliphatic heterocycles. The van der Waals surface area contributed by atoms with Crippen LogP contribution < -0.4 is 0 Å². The molecule has 1 fully saturated rings. The fourth-order valence-corrected chi connectivity index (χ4v) is 7.38. The first-order valence-electron chi connectivity index (χ1n) is 23.1. The van der Waals surface area contributed by atoms with Gasteiger partial charge in [-0.05, 0) is 12.8 Å². The molecule has 322 valence electrons. The molecule has 0 spiro atoms. The summed E-state index contributed by atoms with van der Waals surface area (Å²) < 4.78 is 22.8. The Morgan fingerprint density at radius 1 is 0.519 bits per heavy atom. The topological polar surface area (TPSA) is 135 Å². The highest BCUT2D eigenvalue weighted by Gasteiger charge is 2.44. The Hall–Kier alpha value is -0.810. The van der Waals surface area contributed by atoms with Gasteiger partial charge in [-0.3, -0.25) is 4.79 Å². The molecule has 1 saturated heterocycles. The first kappa shape index (κ1) is 51.2. The van der Waals surface area contributed by atoms with Gasteiger partial charge >= 0.3 is 5.97 Å². The minimum Gasteiger partial charge on any atom is -0.457 e. The van der Waals surface area contributed by atoms with E-state index in [2.05, 4.69) is 13.8 Å². The molecule has 0 aromatic heterocycles. The Labute approximate surface area is 332 Å². The summed E-state index contributed by atoms with van der Waals surface area (Å²) in [5, 5.41) is 40.1. The van der Waals surface area contributed by atoms with Gasteiger partial charge in [-0.15, -0.1) is 0 Å². The van der Waals surface area contributed by atoms with Crippen LogP contribution >= 0.6 is 0 Å². The van der Waals surface area contributed by atoms with E-state index in [0.29, 0.717) is 13.0 Å². The number of ether oxygens (including phenoxy) is 4. The van der Waals surface area contributed by atoms with E-state index in [4.69, 9.17) is 18.9 Å². The van der Waals surface area contributed by atoms with Crippen molar-refractivity contribution in [3.63, 3.8) is 0 Å². The van der Waals surface area contributed by atoms with Crippen LogP contribution in [0.4, 0.5) is 0 Å². The van der Waals surface area contributed by atoms with Crippen molar-refractivity contribution >= 4 is 5.97 Å². The lowest BCUT2D eigenvalue weighted by atomic mass is 9.99. The second-order valence-electron chi connectivity index (χ2n) is 16.2. The fourth-order valence-electron chi connectivity index (χ4n) is 7.38. The number of hydrogen-bond acceptors (Lipinski definition) is 9. The third kappa shape index (κ3) is 28.6. The number of aliphatic hydroxyl groups excluding tert-OH is 4. The highest BCUT2D eigenvalue weighted by atomic mass is 16.7. The summed E-state index contributed by atoms with van der Waals surface area (Å²) in [7, 11) is 0. The van der Waals surface area contributed by atoms with E-state index in [1.165, 1.54) is 167 Å². The van der Waals surface area contributed by atoms with E-state index in [1.54, 1.807) is 0 Å². The Kier molecular flexibility index (Phi) is 35.8. The second-order valence-corrected chi connectivity index (χ2v) is 16.2. The molecule has 4 N–H and O–H groups in total. The smallest absolute Gasteiger partial charge is 0.306 e. The van der Waals surface area contributed by atoms with Crippen molar-refractivity contribution in [2.45, 2.75) is 256 Å². The van der Waals surface area contributed by atoms with Crippen LogP contribution in [0.1, 0.15) is 219 Å². The van der Waals surface area contributed by atoms with Gasteiger partial charge in [0.15, 0.2) is 6.29 Å². The summed E-state index contributed by atoms with van der Waals surface area (Å²) in [6.45, 7) is 4.60. The normalized spacial score (nSPS) is 20.7. The first-order valence-corrected chi connectivity index (χ1v) is 23.1. The molecule has 0 aromatic rings. The standard InChI is InChI=1S/C45H88O9/c1-3-5-7-9-11-13-15-17-18-19-20-21-22-23-24-26-28-30-32-34-41(47)53-39(38-52-45-44(50)43(49)42(48)40(36-46)54-45)37-51-35-33-31-29-27-25-16-14-12-10-8-6-4-2/h39-40,42-46,48-50H,3-38H2,1-2H3. The van der Waals surface area contributed by atoms with Gasteiger partial charge < -0.3 is 39.4 Å². The Bertz CT molecular complexity index is 797. The summed E-state index contributed by atoms with van der Waals surface area (Å²) >= 11 is 0. The van der Waals surface area contributed by atoms with E-state index >= 15 is 0 Å². The van der Waals surface area contributed by atoms with Gasteiger partial charge in [-0.2, -0.15) is 0 Å². The molecular formula is C45H88O9. The third-order valence-electron chi connectivity index (χ3n) is 11.0. The van der Waals surface area contributed by atoms with E-state index < -0.39 is 43.4 Å². The van der Waals surface area contributed by atoms with Crippen LogP contribution in [0.3, 0.4) is 0 Å². The number of unbranched alkanes of at least 4 members (excludes halogenated alkanes) is 29. The quantitative estimate of drug-likeness (QED) is 0.0355. The second kappa shape index (κ2) is 37.7. The first-order chi connectivity index (χ1) is 26.4. The van der Waals surface area contributed by atoms with Crippen LogP contribution in [0.15, 0.2) is 0 Å². The minimum absolute atomic E-state index is 0.105. The molecule has 1 heterocycles. The molecule has 9 heteroatoms. The van der Waals surface area contributed by atoms with Gasteiger partial charge in [-0.25, -0.2) is 0 Å². The lowest BCUT2D eigenvalue weighted by molar-refractivity contribution is -0.305. The predicted molar refractivity (Wildman–Crippen MR) is 220 cm³/mol. The number of hydrogen-bond donors (Lipinski definition) is 4. The molecule has 6 unspecified atom stereocenters. The highest BCUT2D eigenvalue weighted by Crippen LogP contribution is 2.23. The maximum absolute atomic E-state index is 12.8. The summed E-state index contributed by atoms with van der Waals surface area (Å²) in [5.41, 5.74) is 0. The van der Waals surface area contributed by atoms with Gasteiger partial charge in [0, 0.05) is 13.0 Å². The summed E-state index contributed by atoms with van der Waals surface area (Å²) in [4.78, 5) is 12.8. The van der Waals surface area contributed by atoms with E-state index in [9.17, 15) is 25.2 Å². The van der Waals surface area contributed by atoms with Crippen molar-refractivity contribution in [1.29, 1.82) is 0 Å². The van der Waals surface area contributed by atoms with Crippen molar-refractivity contribution < 1.29 is 44.2 Å². The van der Waals surface area contributed by atoms with Gasteiger partial charge in [0.2, 0.25) is 0 Å². The predicted octanol–water partition coefficient (Wildman–Crippen LogP) is 10.3. The monoisotopic (exact) mass is 773 g/mol. The molecule has 0 bridgehead atoms. The lowest BCUT2D eigenvalue weighted by Gasteiger charge is -2.39. The largest absolute Gasteiger partial charge is 0.457 e. The van der Waals surface area contributed by atoms with Gasteiger partial charge in [-0.1, -0.05) is 200 Å². The van der Waals surface area contributed by atoms with Gasteiger partial charge in [0.1, 0.15) is 30.5 Å². The van der Waals surface area contributed by atoms with Crippen LogP contribution in [-0.2, 0) is 23.7 Å². The SMILES string of the molecule is CCCCCCCCCCCCCCCCCCCCCC(=O)OC(COCCCCCCCCCCCCCC)COC1OC(CO)C(O)C(O)C1O.